The molecule has 0 amide bonds. The van der Waals surface area contributed by atoms with Gasteiger partial charge < -0.3 is 19.2 Å². The molecule has 0 radical (unpaired) electrons. The lowest BCUT2D eigenvalue weighted by Crippen LogP contribution is -2.12. The molecule has 27 heavy (non-hydrogen) atoms. The van der Waals surface area contributed by atoms with Gasteiger partial charge in [0.25, 0.3) is 0 Å². The van der Waals surface area contributed by atoms with E-state index in [2.05, 4.69) is 11.9 Å². The number of benzene rings is 1. The summed E-state index contributed by atoms with van der Waals surface area (Å²) in [4.78, 5) is 26.4. The van der Waals surface area contributed by atoms with Crippen LogP contribution in [0.15, 0.2) is 42.6 Å². The first-order valence-corrected chi connectivity index (χ1v) is 9.05. The summed E-state index contributed by atoms with van der Waals surface area (Å²) in [5, 5.41) is 0. The maximum absolute atomic E-state index is 11.8. The number of esters is 1. The van der Waals surface area contributed by atoms with Gasteiger partial charge >= 0.3 is 5.97 Å². The van der Waals surface area contributed by atoms with Crippen LogP contribution in [0.4, 0.5) is 0 Å². The summed E-state index contributed by atoms with van der Waals surface area (Å²) in [6.45, 7) is 4.84. The molecule has 1 aromatic carbocycles. The molecule has 0 saturated heterocycles. The second kappa shape index (κ2) is 10.9. The Morgan fingerprint density at radius 1 is 1.11 bits per heavy atom. The lowest BCUT2D eigenvalue weighted by atomic mass is 10.2. The second-order valence-electron chi connectivity index (χ2n) is 5.79. The molecule has 1 N–H and O–H groups in total. The molecule has 0 aliphatic carbocycles. The lowest BCUT2D eigenvalue weighted by Gasteiger charge is -2.12. The third-order valence-corrected chi connectivity index (χ3v) is 3.68. The number of H-pyrrole nitrogens is 1. The molecule has 0 atom stereocenters. The third-order valence-electron chi connectivity index (χ3n) is 3.68. The van der Waals surface area contributed by atoms with Gasteiger partial charge in [-0.15, -0.1) is 0 Å². The molecule has 0 aliphatic rings. The van der Waals surface area contributed by atoms with Crippen molar-refractivity contribution in [2.24, 2.45) is 0 Å². The van der Waals surface area contributed by atoms with Gasteiger partial charge in [-0.05, 0) is 49.2 Å². The van der Waals surface area contributed by atoms with E-state index in [0.717, 1.165) is 18.4 Å². The molecule has 0 aliphatic heterocycles. The molecule has 0 spiro atoms. The number of aromatic nitrogens is 1. The summed E-state index contributed by atoms with van der Waals surface area (Å²) in [6.07, 6.45) is 6.56. The topological polar surface area (TPSA) is 77.6 Å². The minimum absolute atomic E-state index is 0.283. The highest BCUT2D eigenvalue weighted by Crippen LogP contribution is 2.29. The molecule has 0 saturated carbocycles. The van der Waals surface area contributed by atoms with Gasteiger partial charge in [0.1, 0.15) is 0 Å². The molecular formula is C21H25NO5. The zero-order valence-electron chi connectivity index (χ0n) is 15.7. The first-order chi connectivity index (χ1) is 13.1. The van der Waals surface area contributed by atoms with Crippen LogP contribution in [0.5, 0.6) is 11.5 Å². The molecule has 0 fully saturated rings. The maximum atomic E-state index is 11.8. The number of carbonyl (C=O) groups excluding carboxylic acids is 2. The summed E-state index contributed by atoms with van der Waals surface area (Å²) in [5.41, 5.74) is 1.18. The molecule has 2 rings (SSSR count). The lowest BCUT2D eigenvalue weighted by molar-refractivity contribution is -0.136. The Morgan fingerprint density at radius 2 is 1.96 bits per heavy atom. The van der Waals surface area contributed by atoms with Crippen molar-refractivity contribution in [3.8, 4) is 11.5 Å². The number of ketones is 1. The highest BCUT2D eigenvalue weighted by molar-refractivity contribution is 5.97. The minimum Gasteiger partial charge on any atom is -0.490 e. The van der Waals surface area contributed by atoms with Crippen molar-refractivity contribution in [2.45, 2.75) is 26.7 Å². The van der Waals surface area contributed by atoms with Crippen LogP contribution in [0.3, 0.4) is 0 Å². The van der Waals surface area contributed by atoms with Gasteiger partial charge in [0, 0.05) is 12.3 Å². The van der Waals surface area contributed by atoms with Crippen LogP contribution in [0.1, 0.15) is 42.7 Å². The normalized spacial score (nSPS) is 10.7. The van der Waals surface area contributed by atoms with Gasteiger partial charge in [0.2, 0.25) is 5.78 Å². The Kier molecular flexibility index (Phi) is 8.16. The zero-order chi connectivity index (χ0) is 19.5. The molecule has 1 heterocycles. The van der Waals surface area contributed by atoms with Gasteiger partial charge in [-0.25, -0.2) is 4.79 Å². The predicted octanol–water partition coefficient (Wildman–Crippen LogP) is 4.03. The Balaban J connectivity index is 1.93. The van der Waals surface area contributed by atoms with E-state index < -0.39 is 5.97 Å². The summed E-state index contributed by atoms with van der Waals surface area (Å²) in [7, 11) is 0. The number of nitrogens with one attached hydrogen (secondary N) is 1. The standard InChI is InChI=1S/C21H25NO5/c1-3-5-13-26-19-10-8-16(14-20(19)25-4-2)9-11-21(24)27-15-18(23)17-7-6-12-22-17/h6-12,14,22H,3-5,13,15H2,1-2H3/b11-9+. The number of carbonyl (C=O) groups is 2. The molecule has 6 heteroatoms. The van der Waals surface area contributed by atoms with Crippen LogP contribution in [0.2, 0.25) is 0 Å². The first kappa shape index (κ1) is 20.3. The first-order valence-electron chi connectivity index (χ1n) is 9.05. The average Bonchev–Trinajstić information content (AvgIpc) is 3.21. The average molecular weight is 371 g/mol. The largest absolute Gasteiger partial charge is 0.490 e. The molecular weight excluding hydrogens is 346 g/mol. The SMILES string of the molecule is CCCCOc1ccc(/C=C/C(=O)OCC(=O)c2ccc[nH]2)cc1OCC. The molecule has 144 valence electrons. The quantitative estimate of drug-likeness (QED) is 0.279. The van der Waals surface area contributed by atoms with Crippen LogP contribution in [0.25, 0.3) is 6.08 Å². The number of Topliss-reactive ketones (excluding diaryl/α,β-unsaturated/α-hetero) is 1. The molecule has 0 unspecified atom stereocenters. The number of aromatic amines is 1. The Hall–Kier alpha value is -3.02. The predicted molar refractivity (Wildman–Crippen MR) is 103 cm³/mol. The van der Waals surface area contributed by atoms with E-state index in [4.69, 9.17) is 14.2 Å². The smallest absolute Gasteiger partial charge is 0.331 e. The minimum atomic E-state index is -0.587. The van der Waals surface area contributed by atoms with Gasteiger partial charge in [-0.2, -0.15) is 0 Å². The molecule has 6 nitrogen and oxygen atoms in total. The van der Waals surface area contributed by atoms with Gasteiger partial charge in [-0.1, -0.05) is 19.4 Å². The van der Waals surface area contributed by atoms with Crippen LogP contribution < -0.4 is 9.47 Å². The summed E-state index contributed by atoms with van der Waals surface area (Å²) >= 11 is 0. The van der Waals surface area contributed by atoms with Crippen LogP contribution >= 0.6 is 0 Å². The van der Waals surface area contributed by atoms with E-state index in [9.17, 15) is 9.59 Å². The summed E-state index contributed by atoms with van der Waals surface area (Å²) in [5.74, 6) is 0.442. The van der Waals surface area contributed by atoms with Crippen molar-refractivity contribution in [1.82, 2.24) is 4.98 Å². The monoisotopic (exact) mass is 371 g/mol. The van der Waals surface area contributed by atoms with Crippen LogP contribution in [-0.2, 0) is 9.53 Å². The van der Waals surface area contributed by atoms with E-state index in [0.29, 0.717) is 30.4 Å². The number of hydrogen-bond acceptors (Lipinski definition) is 5. The number of hydrogen-bond donors (Lipinski definition) is 1. The Bertz CT molecular complexity index is 765. The van der Waals surface area contributed by atoms with Crippen molar-refractivity contribution >= 4 is 17.8 Å². The maximum Gasteiger partial charge on any atom is 0.331 e. The summed E-state index contributed by atoms with van der Waals surface area (Å²) < 4.78 is 16.3. The van der Waals surface area contributed by atoms with Crippen LogP contribution in [-0.4, -0.2) is 36.6 Å². The van der Waals surface area contributed by atoms with Crippen molar-refractivity contribution in [3.63, 3.8) is 0 Å². The van der Waals surface area contributed by atoms with Gasteiger partial charge in [-0.3, -0.25) is 4.79 Å². The van der Waals surface area contributed by atoms with Crippen LogP contribution in [0, 0.1) is 0 Å². The number of unbranched alkanes of at least 4 members (excludes halogenated alkanes) is 1. The fourth-order valence-electron chi connectivity index (χ4n) is 2.27. The fourth-order valence-corrected chi connectivity index (χ4v) is 2.27. The molecule has 1 aromatic heterocycles. The van der Waals surface area contributed by atoms with E-state index >= 15 is 0 Å². The van der Waals surface area contributed by atoms with Gasteiger partial charge in [0.15, 0.2) is 18.1 Å². The summed E-state index contributed by atoms with van der Waals surface area (Å²) in [6, 6.07) is 8.79. The Labute approximate surface area is 159 Å². The highest BCUT2D eigenvalue weighted by atomic mass is 16.5. The zero-order valence-corrected chi connectivity index (χ0v) is 15.7. The Morgan fingerprint density at radius 3 is 2.67 bits per heavy atom. The van der Waals surface area contributed by atoms with Gasteiger partial charge in [0.05, 0.1) is 18.9 Å². The van der Waals surface area contributed by atoms with Crippen molar-refractivity contribution in [2.75, 3.05) is 19.8 Å². The van der Waals surface area contributed by atoms with Crippen molar-refractivity contribution in [1.29, 1.82) is 0 Å². The fraction of sp³-hybridized carbons (Fsp3) is 0.333. The van der Waals surface area contributed by atoms with Crippen molar-refractivity contribution in [3.05, 3.63) is 53.9 Å². The second-order valence-corrected chi connectivity index (χ2v) is 5.79. The van der Waals surface area contributed by atoms with E-state index in [1.165, 1.54) is 6.08 Å². The van der Waals surface area contributed by atoms with E-state index in [-0.39, 0.29) is 12.4 Å². The molecule has 0 bridgehead atoms. The van der Waals surface area contributed by atoms with Crippen molar-refractivity contribution < 1.29 is 23.8 Å². The number of rotatable bonds is 11. The third kappa shape index (κ3) is 6.66. The van der Waals surface area contributed by atoms with E-state index in [1.807, 2.05) is 19.1 Å². The van der Waals surface area contributed by atoms with E-state index in [1.54, 1.807) is 30.5 Å². The highest BCUT2D eigenvalue weighted by Gasteiger charge is 2.09. The number of ether oxygens (including phenoxy) is 3. The molecule has 2 aromatic rings.